The van der Waals surface area contributed by atoms with E-state index in [4.69, 9.17) is 5.73 Å². The van der Waals surface area contributed by atoms with Crippen molar-refractivity contribution in [2.75, 3.05) is 6.54 Å². The molecule has 2 N–H and O–H groups in total. The minimum absolute atomic E-state index is 0.651. The van der Waals surface area contributed by atoms with Crippen molar-refractivity contribution in [1.29, 1.82) is 0 Å². The first-order valence-corrected chi connectivity index (χ1v) is 5.27. The van der Waals surface area contributed by atoms with Gasteiger partial charge in [0.2, 0.25) is 0 Å². The quantitative estimate of drug-likeness (QED) is 0.637. The molecule has 2 rings (SSSR count). The van der Waals surface area contributed by atoms with E-state index >= 15 is 0 Å². The Balaban J connectivity index is 2.03. The lowest BCUT2D eigenvalue weighted by molar-refractivity contribution is 0.252. The van der Waals surface area contributed by atoms with Gasteiger partial charge in [-0.05, 0) is 48.5 Å². The highest BCUT2D eigenvalue weighted by Crippen LogP contribution is 2.66. The smallest absolute Gasteiger partial charge is 0.00462 e. The lowest BCUT2D eigenvalue weighted by Crippen LogP contribution is -2.25. The molecule has 0 radical (unpaired) electrons. The summed E-state index contributed by atoms with van der Waals surface area (Å²) >= 11 is 0. The predicted octanol–water partition coefficient (Wildman–Crippen LogP) is 2.26. The van der Waals surface area contributed by atoms with E-state index in [2.05, 4.69) is 20.8 Å². The Bertz CT molecular complexity index is 185. The second-order valence-electron chi connectivity index (χ2n) is 5.48. The van der Waals surface area contributed by atoms with Crippen LogP contribution in [0.3, 0.4) is 0 Å². The third kappa shape index (κ3) is 1.02. The summed E-state index contributed by atoms with van der Waals surface area (Å²) in [5.41, 5.74) is 6.41. The van der Waals surface area contributed by atoms with Gasteiger partial charge in [-0.25, -0.2) is 0 Å². The molecular formula is C11H21N. The Labute approximate surface area is 75.7 Å². The van der Waals surface area contributed by atoms with Gasteiger partial charge >= 0.3 is 0 Å². The van der Waals surface area contributed by atoms with E-state index in [1.54, 1.807) is 0 Å². The van der Waals surface area contributed by atoms with Crippen molar-refractivity contribution < 1.29 is 0 Å². The van der Waals surface area contributed by atoms with Gasteiger partial charge in [-0.15, -0.1) is 0 Å². The second-order valence-corrected chi connectivity index (χ2v) is 5.48. The molecule has 12 heavy (non-hydrogen) atoms. The maximum Gasteiger partial charge on any atom is -0.00462 e. The van der Waals surface area contributed by atoms with Crippen molar-refractivity contribution in [3.63, 3.8) is 0 Å². The first kappa shape index (κ1) is 8.55. The van der Waals surface area contributed by atoms with Crippen LogP contribution in [0, 0.1) is 29.1 Å². The van der Waals surface area contributed by atoms with Crippen LogP contribution in [0.5, 0.6) is 0 Å². The molecule has 0 aromatic carbocycles. The van der Waals surface area contributed by atoms with Gasteiger partial charge in [0.15, 0.2) is 0 Å². The Hall–Kier alpha value is -0.0400. The molecule has 4 atom stereocenters. The first-order valence-electron chi connectivity index (χ1n) is 5.27. The van der Waals surface area contributed by atoms with Crippen LogP contribution in [-0.2, 0) is 0 Å². The fraction of sp³-hybridized carbons (Fsp3) is 1.00. The summed E-state index contributed by atoms with van der Waals surface area (Å²) in [4.78, 5) is 0. The highest BCUT2D eigenvalue weighted by atomic mass is 14.7. The third-order valence-electron chi connectivity index (χ3n) is 4.58. The van der Waals surface area contributed by atoms with Crippen LogP contribution in [0.15, 0.2) is 0 Å². The molecular weight excluding hydrogens is 146 g/mol. The number of rotatable bonds is 1. The van der Waals surface area contributed by atoms with Crippen LogP contribution in [0.4, 0.5) is 0 Å². The van der Waals surface area contributed by atoms with Crippen LogP contribution < -0.4 is 5.73 Å². The minimum atomic E-state index is 0.651. The zero-order chi connectivity index (χ0) is 8.93. The molecule has 1 nitrogen and oxygen atoms in total. The fourth-order valence-corrected chi connectivity index (χ4v) is 3.27. The van der Waals surface area contributed by atoms with Gasteiger partial charge in [0.25, 0.3) is 0 Å². The van der Waals surface area contributed by atoms with E-state index in [1.807, 2.05) is 0 Å². The summed E-state index contributed by atoms with van der Waals surface area (Å²) in [6, 6.07) is 0. The molecule has 70 valence electrons. The Morgan fingerprint density at radius 1 is 1.25 bits per heavy atom. The molecule has 0 bridgehead atoms. The molecule has 2 aliphatic carbocycles. The van der Waals surface area contributed by atoms with E-state index in [9.17, 15) is 0 Å². The summed E-state index contributed by atoms with van der Waals surface area (Å²) in [6.07, 6.45) is 2.83. The third-order valence-corrected chi connectivity index (χ3v) is 4.58. The van der Waals surface area contributed by atoms with Crippen molar-refractivity contribution in [2.24, 2.45) is 34.8 Å². The van der Waals surface area contributed by atoms with Crippen molar-refractivity contribution in [3.8, 4) is 0 Å². The van der Waals surface area contributed by atoms with Crippen molar-refractivity contribution in [1.82, 2.24) is 0 Å². The molecule has 1 heteroatoms. The second kappa shape index (κ2) is 2.47. The fourth-order valence-electron chi connectivity index (χ4n) is 3.27. The Morgan fingerprint density at radius 2 is 1.83 bits per heavy atom. The predicted molar refractivity (Wildman–Crippen MR) is 51.7 cm³/mol. The lowest BCUT2D eigenvalue weighted by Gasteiger charge is -2.26. The molecule has 2 aliphatic rings. The number of hydrogen-bond donors (Lipinski definition) is 1. The summed E-state index contributed by atoms with van der Waals surface area (Å²) in [7, 11) is 0. The molecule has 0 aromatic rings. The normalized spacial score (nSPS) is 50.0. The summed E-state index contributed by atoms with van der Waals surface area (Å²) < 4.78 is 0. The topological polar surface area (TPSA) is 26.0 Å². The molecule has 0 aromatic heterocycles. The van der Waals surface area contributed by atoms with Crippen molar-refractivity contribution in [3.05, 3.63) is 0 Å². The zero-order valence-corrected chi connectivity index (χ0v) is 8.51. The molecule has 2 saturated carbocycles. The molecule has 4 unspecified atom stereocenters. The van der Waals surface area contributed by atoms with Gasteiger partial charge in [0.05, 0.1) is 0 Å². The summed E-state index contributed by atoms with van der Waals surface area (Å²) in [6.45, 7) is 8.13. The van der Waals surface area contributed by atoms with Gasteiger partial charge in [-0.1, -0.05) is 20.8 Å². The molecule has 0 aliphatic heterocycles. The SMILES string of the molecule is CC1CC2C(CC1CN)C2(C)C. The van der Waals surface area contributed by atoms with E-state index in [-0.39, 0.29) is 0 Å². The van der Waals surface area contributed by atoms with Crippen molar-refractivity contribution >= 4 is 0 Å². The van der Waals surface area contributed by atoms with Gasteiger partial charge in [-0.2, -0.15) is 0 Å². The first-order chi connectivity index (χ1) is 5.57. The van der Waals surface area contributed by atoms with E-state index in [0.717, 1.165) is 30.2 Å². The van der Waals surface area contributed by atoms with Gasteiger partial charge < -0.3 is 5.73 Å². The van der Waals surface area contributed by atoms with E-state index in [0.29, 0.717) is 5.41 Å². The number of hydrogen-bond acceptors (Lipinski definition) is 1. The monoisotopic (exact) mass is 167 g/mol. The summed E-state index contributed by atoms with van der Waals surface area (Å²) in [5, 5.41) is 0. The van der Waals surface area contributed by atoms with Gasteiger partial charge in [0.1, 0.15) is 0 Å². The van der Waals surface area contributed by atoms with Crippen LogP contribution >= 0.6 is 0 Å². The molecule has 0 spiro atoms. The Morgan fingerprint density at radius 3 is 2.42 bits per heavy atom. The van der Waals surface area contributed by atoms with E-state index in [1.165, 1.54) is 12.8 Å². The van der Waals surface area contributed by atoms with Gasteiger partial charge in [0, 0.05) is 0 Å². The van der Waals surface area contributed by atoms with Gasteiger partial charge in [-0.3, -0.25) is 0 Å². The minimum Gasteiger partial charge on any atom is -0.330 e. The van der Waals surface area contributed by atoms with Crippen LogP contribution in [0.1, 0.15) is 33.6 Å². The average molecular weight is 167 g/mol. The highest BCUT2D eigenvalue weighted by Gasteiger charge is 2.60. The van der Waals surface area contributed by atoms with Crippen LogP contribution in [0.2, 0.25) is 0 Å². The molecule has 0 saturated heterocycles. The summed E-state index contributed by atoms with van der Waals surface area (Å²) in [5.74, 6) is 3.71. The maximum atomic E-state index is 5.76. The zero-order valence-electron chi connectivity index (χ0n) is 8.51. The van der Waals surface area contributed by atoms with E-state index < -0.39 is 0 Å². The molecule has 0 heterocycles. The maximum absolute atomic E-state index is 5.76. The number of nitrogens with two attached hydrogens (primary N) is 1. The average Bonchev–Trinajstić information content (AvgIpc) is 2.52. The lowest BCUT2D eigenvalue weighted by atomic mass is 9.81. The highest BCUT2D eigenvalue weighted by molar-refractivity contribution is 5.08. The number of fused-ring (bicyclic) bond motifs is 1. The molecule has 0 amide bonds. The van der Waals surface area contributed by atoms with Crippen LogP contribution in [0.25, 0.3) is 0 Å². The molecule has 2 fully saturated rings. The Kier molecular flexibility index (Phi) is 1.76. The largest absolute Gasteiger partial charge is 0.330 e. The standard InChI is InChI=1S/C11H21N/c1-7-4-9-10(11(9,2)3)5-8(7)6-12/h7-10H,4-6,12H2,1-3H3. The van der Waals surface area contributed by atoms with Crippen LogP contribution in [-0.4, -0.2) is 6.54 Å². The van der Waals surface area contributed by atoms with Crippen molar-refractivity contribution in [2.45, 2.75) is 33.6 Å².